The number of amides is 1. The fraction of sp³-hybridized carbons (Fsp3) is 0.571. The predicted octanol–water partition coefficient (Wildman–Crippen LogP) is -0.384. The van der Waals surface area contributed by atoms with E-state index in [1.807, 2.05) is 12.1 Å². The third kappa shape index (κ3) is 4.49. The van der Waals surface area contributed by atoms with Crippen molar-refractivity contribution >= 4 is 15.7 Å². The molecule has 1 N–H and O–H groups in total. The minimum absolute atomic E-state index is 0.100. The van der Waals surface area contributed by atoms with Crippen LogP contribution in [0.25, 0.3) is 0 Å². The van der Waals surface area contributed by atoms with Gasteiger partial charge in [0.2, 0.25) is 5.91 Å². The lowest BCUT2D eigenvalue weighted by Gasteiger charge is -2.36. The number of sulfone groups is 1. The molecule has 1 aromatic rings. The Morgan fingerprint density at radius 2 is 2.36 bits per heavy atom. The van der Waals surface area contributed by atoms with E-state index in [1.54, 1.807) is 17.3 Å². The van der Waals surface area contributed by atoms with E-state index in [4.69, 9.17) is 4.74 Å². The van der Waals surface area contributed by atoms with E-state index in [1.165, 1.54) is 7.11 Å². The van der Waals surface area contributed by atoms with Gasteiger partial charge in [0.05, 0.1) is 18.4 Å². The van der Waals surface area contributed by atoms with Gasteiger partial charge in [-0.1, -0.05) is 6.07 Å². The van der Waals surface area contributed by atoms with E-state index < -0.39 is 15.6 Å². The molecule has 1 unspecified atom stereocenters. The molecule has 0 spiro atoms. The maximum atomic E-state index is 12.4. The Kier molecular flexibility index (Phi) is 5.87. The van der Waals surface area contributed by atoms with Gasteiger partial charge in [0.1, 0.15) is 5.75 Å². The van der Waals surface area contributed by atoms with Crippen LogP contribution in [0.4, 0.5) is 0 Å². The molecule has 122 valence electrons. The molecule has 1 aliphatic heterocycles. The predicted molar refractivity (Wildman–Crippen MR) is 82.1 cm³/mol. The summed E-state index contributed by atoms with van der Waals surface area (Å²) in [5.74, 6) is -0.988. The number of aromatic nitrogens is 1. The third-order valence-corrected chi connectivity index (χ3v) is 5.05. The maximum Gasteiger partial charge on any atom is 0.238 e. The molecule has 0 saturated carbocycles. The van der Waals surface area contributed by atoms with Gasteiger partial charge in [0.15, 0.2) is 9.84 Å². The lowest BCUT2D eigenvalue weighted by atomic mass is 10.1. The Morgan fingerprint density at radius 1 is 1.55 bits per heavy atom. The molecule has 2 heterocycles. The van der Waals surface area contributed by atoms with Crippen LogP contribution in [0.15, 0.2) is 24.5 Å². The van der Waals surface area contributed by atoms with Crippen LogP contribution in [0, 0.1) is 0 Å². The van der Waals surface area contributed by atoms with Gasteiger partial charge in [0.25, 0.3) is 0 Å². The van der Waals surface area contributed by atoms with Crippen molar-refractivity contribution in [1.82, 2.24) is 15.2 Å². The number of rotatable bonds is 6. The summed E-state index contributed by atoms with van der Waals surface area (Å²) in [6, 6.07) is 3.51. The Bertz CT molecular complexity index is 591. The topological polar surface area (TPSA) is 88.6 Å². The molecule has 2 rings (SSSR count). The van der Waals surface area contributed by atoms with Gasteiger partial charge >= 0.3 is 0 Å². The zero-order chi connectivity index (χ0) is 16.0. The number of ether oxygens (including phenoxy) is 1. The molecular weight excluding hydrogens is 306 g/mol. The molecule has 1 aliphatic rings. The zero-order valence-corrected chi connectivity index (χ0v) is 13.4. The first-order chi connectivity index (χ1) is 10.5. The van der Waals surface area contributed by atoms with Gasteiger partial charge < -0.3 is 15.0 Å². The fourth-order valence-electron chi connectivity index (χ4n) is 2.43. The number of hydrogen-bond donors (Lipinski definition) is 1. The number of carbonyl (C=O) groups is 1. The number of nitrogens with one attached hydrogen (secondary N) is 1. The highest BCUT2D eigenvalue weighted by atomic mass is 32.2. The zero-order valence-electron chi connectivity index (χ0n) is 12.6. The van der Waals surface area contributed by atoms with Crippen molar-refractivity contribution in [3.05, 3.63) is 30.1 Å². The monoisotopic (exact) mass is 327 g/mol. The second-order valence-corrected chi connectivity index (χ2v) is 7.36. The molecule has 22 heavy (non-hydrogen) atoms. The average Bonchev–Trinajstić information content (AvgIpc) is 2.53. The van der Waals surface area contributed by atoms with Crippen LogP contribution in [0.2, 0.25) is 0 Å². The van der Waals surface area contributed by atoms with Crippen LogP contribution in [-0.2, 0) is 19.4 Å². The first-order valence-electron chi connectivity index (χ1n) is 7.13. The molecular formula is C14H21N3O4S. The molecule has 1 fully saturated rings. The molecule has 0 aromatic carbocycles. The first kappa shape index (κ1) is 16.9. The fourth-order valence-corrected chi connectivity index (χ4v) is 3.53. The van der Waals surface area contributed by atoms with Crippen molar-refractivity contribution in [1.29, 1.82) is 0 Å². The Hall–Kier alpha value is -1.51. The molecule has 1 saturated heterocycles. The number of hydrogen-bond acceptors (Lipinski definition) is 6. The smallest absolute Gasteiger partial charge is 0.238 e. The summed E-state index contributed by atoms with van der Waals surface area (Å²) >= 11 is 0. The van der Waals surface area contributed by atoms with Crippen molar-refractivity contribution in [2.24, 2.45) is 0 Å². The van der Waals surface area contributed by atoms with E-state index in [-0.39, 0.29) is 24.3 Å². The van der Waals surface area contributed by atoms with Gasteiger partial charge in [-0.3, -0.25) is 9.78 Å². The number of carbonyl (C=O) groups excluding carboxylic acids is 1. The van der Waals surface area contributed by atoms with E-state index in [0.717, 1.165) is 5.56 Å². The lowest BCUT2D eigenvalue weighted by molar-refractivity contribution is -0.131. The third-order valence-electron chi connectivity index (χ3n) is 3.57. The van der Waals surface area contributed by atoms with E-state index in [2.05, 4.69) is 10.3 Å². The average molecular weight is 327 g/mol. The molecule has 1 atom stereocenters. The maximum absolute atomic E-state index is 12.4. The van der Waals surface area contributed by atoms with Gasteiger partial charge in [-0.2, -0.15) is 0 Å². The summed E-state index contributed by atoms with van der Waals surface area (Å²) < 4.78 is 28.6. The summed E-state index contributed by atoms with van der Waals surface area (Å²) in [7, 11) is -2.01. The highest BCUT2D eigenvalue weighted by Crippen LogP contribution is 2.21. The van der Waals surface area contributed by atoms with E-state index in [9.17, 15) is 13.2 Å². The minimum atomic E-state index is -3.45. The first-order valence-corrected chi connectivity index (χ1v) is 8.95. The Morgan fingerprint density at radius 3 is 3.05 bits per heavy atom. The molecule has 7 nitrogen and oxygen atoms in total. The number of nitrogens with zero attached hydrogens (tertiary/aromatic N) is 2. The summed E-state index contributed by atoms with van der Waals surface area (Å²) in [6.07, 6.45) is 3.37. The number of methoxy groups -OCH3 is 1. The van der Waals surface area contributed by atoms with Crippen LogP contribution in [0.3, 0.4) is 0 Å². The second kappa shape index (κ2) is 7.66. The summed E-state index contributed by atoms with van der Waals surface area (Å²) in [6.45, 7) is 1.83. The molecule has 1 aromatic heterocycles. The van der Waals surface area contributed by atoms with Crippen LogP contribution in [0.1, 0.15) is 11.6 Å². The normalized spacial score (nSPS) is 19.1. The highest BCUT2D eigenvalue weighted by Gasteiger charge is 2.30. The number of piperazine rings is 1. The quantitative estimate of drug-likeness (QED) is 0.766. The lowest BCUT2D eigenvalue weighted by Crippen LogP contribution is -2.50. The van der Waals surface area contributed by atoms with Crippen LogP contribution in [-0.4, -0.2) is 69.1 Å². The SMILES string of the molecule is COCCS(=O)(=O)CC(=O)N1CCNCC1c1cccnc1. The molecule has 8 heteroatoms. The molecule has 1 amide bonds. The standard InChI is InChI=1S/C14H21N3O4S/c1-21-7-8-22(19,20)11-14(18)17-6-5-16-10-13(17)12-3-2-4-15-9-12/h2-4,9,13,16H,5-8,10-11H2,1H3. The van der Waals surface area contributed by atoms with Crippen molar-refractivity contribution < 1.29 is 17.9 Å². The molecule has 0 radical (unpaired) electrons. The van der Waals surface area contributed by atoms with Crippen molar-refractivity contribution in [3.8, 4) is 0 Å². The van der Waals surface area contributed by atoms with E-state index in [0.29, 0.717) is 19.6 Å². The summed E-state index contributed by atoms with van der Waals surface area (Å²) in [4.78, 5) is 18.1. The molecule has 0 bridgehead atoms. The van der Waals surface area contributed by atoms with Gasteiger partial charge in [-0.05, 0) is 11.6 Å². The van der Waals surface area contributed by atoms with Gasteiger partial charge in [0, 0.05) is 39.1 Å². The van der Waals surface area contributed by atoms with Gasteiger partial charge in [-0.15, -0.1) is 0 Å². The van der Waals surface area contributed by atoms with Crippen LogP contribution >= 0.6 is 0 Å². The minimum Gasteiger partial charge on any atom is -0.384 e. The van der Waals surface area contributed by atoms with E-state index >= 15 is 0 Å². The van der Waals surface area contributed by atoms with Crippen molar-refractivity contribution in [2.75, 3.05) is 44.9 Å². The Balaban J connectivity index is 2.09. The van der Waals surface area contributed by atoms with Crippen molar-refractivity contribution in [2.45, 2.75) is 6.04 Å². The van der Waals surface area contributed by atoms with Gasteiger partial charge in [-0.25, -0.2) is 8.42 Å². The number of pyridine rings is 1. The highest BCUT2D eigenvalue weighted by molar-refractivity contribution is 7.92. The van der Waals surface area contributed by atoms with Crippen LogP contribution < -0.4 is 5.32 Å². The summed E-state index contributed by atoms with van der Waals surface area (Å²) in [5.41, 5.74) is 0.900. The second-order valence-electron chi connectivity index (χ2n) is 5.18. The van der Waals surface area contributed by atoms with Crippen molar-refractivity contribution in [3.63, 3.8) is 0 Å². The molecule has 0 aliphatic carbocycles. The summed E-state index contributed by atoms with van der Waals surface area (Å²) in [5, 5.41) is 3.22. The largest absolute Gasteiger partial charge is 0.384 e. The Labute approximate surface area is 130 Å². The van der Waals surface area contributed by atoms with Crippen LogP contribution in [0.5, 0.6) is 0 Å².